The Labute approximate surface area is 415 Å². The third-order valence-electron chi connectivity index (χ3n) is 10.2. The Morgan fingerprint density at radius 3 is 1.29 bits per heavy atom. The van der Waals surface area contributed by atoms with E-state index in [4.69, 9.17) is 56.8 Å². The highest BCUT2D eigenvalue weighted by Crippen LogP contribution is 2.32. The number of carbonyl (C=O) groups excluding carboxylic acids is 5. The Morgan fingerprint density at radius 2 is 0.897 bits per heavy atom. The lowest BCUT2D eigenvalue weighted by Gasteiger charge is -2.27. The van der Waals surface area contributed by atoms with E-state index in [-0.39, 0.29) is 42.0 Å². The molecule has 2 aliphatic rings. The minimum absolute atomic E-state index is 0.0270. The van der Waals surface area contributed by atoms with Crippen LogP contribution in [0.3, 0.4) is 0 Å². The molecule has 2 N–H and O–H groups in total. The number of halogens is 1. The first-order valence-corrected chi connectivity index (χ1v) is 25.6. The lowest BCUT2D eigenvalue weighted by molar-refractivity contribution is -0.136. The topological polar surface area (TPSA) is 223 Å². The second kappa shape index (κ2) is 40.9. The number of unbranched alkanes of at least 4 members (excludes halogenated alkanes) is 5. The van der Waals surface area contributed by atoms with Crippen molar-refractivity contribution in [1.29, 1.82) is 0 Å². The quantitative estimate of drug-likeness (QED) is 0.0410. The van der Waals surface area contributed by atoms with Crippen molar-refractivity contribution in [3.8, 4) is 0 Å². The van der Waals surface area contributed by atoms with Crippen LogP contribution in [0.2, 0.25) is 0 Å². The first-order chi connectivity index (χ1) is 33.4. The highest BCUT2D eigenvalue weighted by Gasteiger charge is 2.45. The number of nitrogens with one attached hydrogen (secondary N) is 2. The summed E-state index contributed by atoms with van der Waals surface area (Å²) in [7, 11) is 0. The van der Waals surface area contributed by atoms with Crippen molar-refractivity contribution < 1.29 is 80.8 Å². The van der Waals surface area contributed by atoms with Crippen LogP contribution >= 0.6 is 22.6 Å². The van der Waals surface area contributed by atoms with Crippen molar-refractivity contribution in [2.24, 2.45) is 0 Å². The summed E-state index contributed by atoms with van der Waals surface area (Å²) < 4.78 is 67.5. The van der Waals surface area contributed by atoms with E-state index in [1.165, 1.54) is 29.8 Å². The molecule has 5 amide bonds. The van der Waals surface area contributed by atoms with Crippen LogP contribution in [-0.4, -0.2) is 203 Å². The number of anilines is 1. The highest BCUT2D eigenvalue weighted by atomic mass is 127. The molecule has 0 saturated carbocycles. The minimum atomic E-state index is -1.08. The van der Waals surface area contributed by atoms with Gasteiger partial charge >= 0.3 is 0 Å². The number of fused-ring (bicyclic) bond motifs is 1. The standard InChI is InChI=1S/C47H76IN3O17/c48-14-5-1-2-6-15-57-17-19-59-21-23-61-25-27-63-29-31-65-33-35-67-37-38-68-36-34-66-32-30-64-28-26-62-24-22-60-20-18-58-16-7-3-4-11-42(52)49-40-10-8-9-39-44(40)47(56)51(46(39)55)41-12-13-43(53)50-45(41)54/h8-10,41H,1-7,11-38H2,(H,49,52)(H,50,53,54). The maximum Gasteiger partial charge on any atom is 0.264 e. The molecule has 2 aliphatic heterocycles. The zero-order valence-electron chi connectivity index (χ0n) is 39.8. The number of rotatable bonds is 47. The highest BCUT2D eigenvalue weighted by molar-refractivity contribution is 14.1. The van der Waals surface area contributed by atoms with E-state index in [1.807, 2.05) is 0 Å². The van der Waals surface area contributed by atoms with E-state index in [1.54, 1.807) is 12.1 Å². The molecule has 0 spiro atoms. The molecular formula is C47H76IN3O17. The molecule has 3 rings (SSSR count). The second-order valence-corrected chi connectivity index (χ2v) is 16.6. The Morgan fingerprint density at radius 1 is 0.515 bits per heavy atom. The average Bonchev–Trinajstić information content (AvgIpc) is 3.59. The van der Waals surface area contributed by atoms with Gasteiger partial charge in [0.1, 0.15) is 6.04 Å². The number of hydrogen-bond acceptors (Lipinski definition) is 17. The van der Waals surface area contributed by atoms with Gasteiger partial charge in [0.25, 0.3) is 11.8 Å². The first-order valence-electron chi connectivity index (χ1n) is 24.1. The smallest absolute Gasteiger partial charge is 0.264 e. The van der Waals surface area contributed by atoms with Gasteiger partial charge in [-0.2, -0.15) is 0 Å². The van der Waals surface area contributed by atoms with E-state index in [9.17, 15) is 24.0 Å². The number of hydrogen-bond donors (Lipinski definition) is 2. The van der Waals surface area contributed by atoms with E-state index >= 15 is 0 Å². The molecule has 20 nitrogen and oxygen atoms in total. The molecule has 68 heavy (non-hydrogen) atoms. The van der Waals surface area contributed by atoms with Crippen LogP contribution < -0.4 is 10.6 Å². The number of nitrogens with zero attached hydrogens (tertiary/aromatic N) is 1. The number of piperidine rings is 1. The number of ether oxygens (including phenoxy) is 12. The molecule has 0 aromatic heterocycles. The van der Waals surface area contributed by atoms with Crippen LogP contribution in [0.25, 0.3) is 0 Å². The van der Waals surface area contributed by atoms with Gasteiger partial charge in [0.15, 0.2) is 0 Å². The van der Waals surface area contributed by atoms with Gasteiger partial charge in [0.2, 0.25) is 17.7 Å². The Hall–Kier alpha value is -2.78. The average molecular weight is 1080 g/mol. The van der Waals surface area contributed by atoms with Gasteiger partial charge < -0.3 is 62.2 Å². The van der Waals surface area contributed by atoms with E-state index in [2.05, 4.69) is 33.2 Å². The van der Waals surface area contributed by atoms with Crippen molar-refractivity contribution in [1.82, 2.24) is 10.2 Å². The summed E-state index contributed by atoms with van der Waals surface area (Å²) >= 11 is 2.41. The summed E-state index contributed by atoms with van der Waals surface area (Å²) in [4.78, 5) is 63.6. The largest absolute Gasteiger partial charge is 0.379 e. The number of benzene rings is 1. The molecule has 388 valence electrons. The molecule has 0 bridgehead atoms. The molecule has 0 radical (unpaired) electrons. The molecule has 1 unspecified atom stereocenters. The fourth-order valence-electron chi connectivity index (χ4n) is 6.67. The number of amides is 5. The van der Waals surface area contributed by atoms with Crippen molar-refractivity contribution in [2.75, 3.05) is 168 Å². The van der Waals surface area contributed by atoms with Crippen LogP contribution in [0, 0.1) is 0 Å². The number of imide groups is 2. The zero-order valence-corrected chi connectivity index (χ0v) is 42.0. The SMILES string of the molecule is O=C1CCC(N2C(=O)c3cccc(NC(=O)CCCCCOCCOCCOCCOCCOCCOCCOCCOCCOCCOCCOCCOCCCCCCI)c3C2=O)C(=O)N1. The summed E-state index contributed by atoms with van der Waals surface area (Å²) in [5, 5.41) is 4.91. The molecule has 1 saturated heterocycles. The maximum atomic E-state index is 13.2. The third kappa shape index (κ3) is 27.6. The monoisotopic (exact) mass is 1080 g/mol. The number of carbonyl (C=O) groups is 5. The van der Waals surface area contributed by atoms with Crippen LogP contribution in [-0.2, 0) is 71.2 Å². The fourth-order valence-corrected chi connectivity index (χ4v) is 7.21. The first kappa shape index (κ1) is 59.5. The lowest BCUT2D eigenvalue weighted by atomic mass is 10.0. The predicted molar refractivity (Wildman–Crippen MR) is 257 cm³/mol. The van der Waals surface area contributed by atoms with Gasteiger partial charge in [-0.3, -0.25) is 34.2 Å². The Balaban J connectivity index is 0.955. The molecule has 1 aromatic rings. The van der Waals surface area contributed by atoms with E-state index < -0.39 is 29.7 Å². The van der Waals surface area contributed by atoms with Gasteiger partial charge in [0.05, 0.1) is 162 Å². The maximum absolute atomic E-state index is 13.2. The fraction of sp³-hybridized carbons (Fsp3) is 0.766. The molecule has 1 atom stereocenters. The van der Waals surface area contributed by atoms with Crippen LogP contribution in [0.15, 0.2) is 18.2 Å². The summed E-state index contributed by atoms with van der Waals surface area (Å²) in [6.45, 7) is 12.2. The van der Waals surface area contributed by atoms with E-state index in [0.717, 1.165) is 30.8 Å². The molecule has 21 heteroatoms. The third-order valence-corrected chi connectivity index (χ3v) is 11.0. The summed E-state index contributed by atoms with van der Waals surface area (Å²) in [6, 6.07) is 3.53. The van der Waals surface area contributed by atoms with Crippen molar-refractivity contribution in [2.45, 2.75) is 70.3 Å². The molecule has 1 fully saturated rings. The van der Waals surface area contributed by atoms with Crippen LogP contribution in [0.1, 0.15) is 84.9 Å². The Kier molecular flexibility index (Phi) is 35.8. The van der Waals surface area contributed by atoms with Crippen LogP contribution in [0.5, 0.6) is 0 Å². The molecular weight excluding hydrogens is 1010 g/mol. The summed E-state index contributed by atoms with van der Waals surface area (Å²) in [6.07, 6.45) is 7.37. The van der Waals surface area contributed by atoms with Gasteiger partial charge in [-0.15, -0.1) is 0 Å². The summed E-state index contributed by atoms with van der Waals surface area (Å²) in [5.74, 6) is -2.72. The normalized spacial score (nSPS) is 14.8. The second-order valence-electron chi connectivity index (χ2n) is 15.5. The van der Waals surface area contributed by atoms with Gasteiger partial charge in [-0.1, -0.05) is 47.9 Å². The van der Waals surface area contributed by atoms with Gasteiger partial charge in [-0.25, -0.2) is 0 Å². The summed E-state index contributed by atoms with van der Waals surface area (Å²) in [5.41, 5.74) is 0.380. The van der Waals surface area contributed by atoms with Crippen molar-refractivity contribution in [3.63, 3.8) is 0 Å². The number of alkyl halides is 1. The van der Waals surface area contributed by atoms with Gasteiger partial charge in [0, 0.05) is 26.1 Å². The van der Waals surface area contributed by atoms with Crippen molar-refractivity contribution >= 4 is 57.8 Å². The molecule has 0 aliphatic carbocycles. The van der Waals surface area contributed by atoms with Crippen LogP contribution in [0.4, 0.5) is 5.69 Å². The molecule has 2 heterocycles. The predicted octanol–water partition coefficient (Wildman–Crippen LogP) is 3.78. The Bertz CT molecular complexity index is 1530. The minimum Gasteiger partial charge on any atom is -0.379 e. The molecule has 1 aromatic carbocycles. The zero-order chi connectivity index (χ0) is 48.5. The van der Waals surface area contributed by atoms with Crippen molar-refractivity contribution in [3.05, 3.63) is 29.3 Å². The van der Waals surface area contributed by atoms with Gasteiger partial charge in [-0.05, 0) is 48.7 Å². The van der Waals surface area contributed by atoms with E-state index in [0.29, 0.717) is 158 Å². The lowest BCUT2D eigenvalue weighted by Crippen LogP contribution is -2.54.